The number of rotatable bonds is 6. The van der Waals surface area contributed by atoms with E-state index in [4.69, 9.17) is 0 Å². The van der Waals surface area contributed by atoms with Crippen molar-refractivity contribution in [1.29, 1.82) is 0 Å². The monoisotopic (exact) mass is 333 g/mol. The first-order valence-electron chi connectivity index (χ1n) is 8.71. The van der Waals surface area contributed by atoms with Crippen molar-refractivity contribution in [1.82, 2.24) is 15.3 Å². The molecule has 4 nitrogen and oxygen atoms in total. The van der Waals surface area contributed by atoms with Crippen molar-refractivity contribution in [2.45, 2.75) is 32.7 Å². The Morgan fingerprint density at radius 1 is 1.08 bits per heavy atom. The van der Waals surface area contributed by atoms with Crippen LogP contribution in [0.4, 0.5) is 0 Å². The highest BCUT2D eigenvalue weighted by atomic mass is 16.1. The number of carbonyl (C=O) groups is 1. The zero-order valence-corrected chi connectivity index (χ0v) is 14.6. The molecule has 0 aliphatic heterocycles. The summed E-state index contributed by atoms with van der Waals surface area (Å²) < 4.78 is 0. The summed E-state index contributed by atoms with van der Waals surface area (Å²) in [6.45, 7) is 4.14. The maximum absolute atomic E-state index is 12.5. The van der Waals surface area contributed by atoms with E-state index in [-0.39, 0.29) is 11.9 Å². The first-order valence-corrected chi connectivity index (χ1v) is 8.71. The number of nitrogens with zero attached hydrogens (tertiary/aromatic N) is 1. The third-order valence-corrected chi connectivity index (χ3v) is 4.35. The highest BCUT2D eigenvalue weighted by molar-refractivity contribution is 5.94. The molecule has 0 saturated carbocycles. The Kier molecular flexibility index (Phi) is 5.29. The Morgan fingerprint density at radius 3 is 2.44 bits per heavy atom. The van der Waals surface area contributed by atoms with Gasteiger partial charge in [-0.05, 0) is 36.1 Å². The number of aryl methyl sites for hydroxylation is 1. The number of amides is 1. The average Bonchev–Trinajstić information content (AvgIpc) is 3.16. The van der Waals surface area contributed by atoms with Gasteiger partial charge in [-0.15, -0.1) is 0 Å². The molecule has 1 aromatic heterocycles. The summed E-state index contributed by atoms with van der Waals surface area (Å²) in [5.74, 6) is 0.701. The lowest BCUT2D eigenvalue weighted by Gasteiger charge is -2.15. The van der Waals surface area contributed by atoms with E-state index in [0.717, 1.165) is 29.9 Å². The summed E-state index contributed by atoms with van der Waals surface area (Å²) in [6, 6.07) is 17.6. The van der Waals surface area contributed by atoms with E-state index in [0.29, 0.717) is 5.56 Å². The van der Waals surface area contributed by atoms with Crippen molar-refractivity contribution in [3.05, 3.63) is 77.7 Å². The number of hydrogen-bond acceptors (Lipinski definition) is 2. The second-order valence-corrected chi connectivity index (χ2v) is 6.03. The Labute approximate surface area is 148 Å². The molecule has 0 radical (unpaired) electrons. The van der Waals surface area contributed by atoms with Gasteiger partial charge in [0.2, 0.25) is 0 Å². The van der Waals surface area contributed by atoms with E-state index in [2.05, 4.69) is 22.2 Å². The molecule has 25 heavy (non-hydrogen) atoms. The third kappa shape index (κ3) is 3.97. The molecule has 1 amide bonds. The van der Waals surface area contributed by atoms with Gasteiger partial charge in [-0.3, -0.25) is 4.79 Å². The number of imidazole rings is 1. The molecule has 0 fully saturated rings. The molecule has 0 saturated heterocycles. The fraction of sp³-hybridized carbons (Fsp3) is 0.238. The van der Waals surface area contributed by atoms with Gasteiger partial charge in [0.15, 0.2) is 0 Å². The van der Waals surface area contributed by atoms with Crippen molar-refractivity contribution >= 4 is 5.91 Å². The molecule has 0 spiro atoms. The number of H-pyrrole nitrogens is 1. The van der Waals surface area contributed by atoms with Crippen LogP contribution < -0.4 is 5.32 Å². The summed E-state index contributed by atoms with van der Waals surface area (Å²) in [6.07, 6.45) is 3.55. The van der Waals surface area contributed by atoms with Crippen molar-refractivity contribution < 1.29 is 4.79 Å². The zero-order valence-electron chi connectivity index (χ0n) is 14.6. The average molecular weight is 333 g/mol. The smallest absolute Gasteiger partial charge is 0.251 e. The van der Waals surface area contributed by atoms with Gasteiger partial charge in [0.25, 0.3) is 5.91 Å². The van der Waals surface area contributed by atoms with Crippen LogP contribution in [0.5, 0.6) is 0 Å². The van der Waals surface area contributed by atoms with Crippen LogP contribution in [0, 0.1) is 0 Å². The second-order valence-electron chi connectivity index (χ2n) is 6.03. The third-order valence-electron chi connectivity index (χ3n) is 4.35. The standard InChI is InChI=1S/C21H23N3O/c1-3-15-10-12-17(13-11-15)21(25)24-18(4-2)20-22-14-19(23-20)16-8-6-5-7-9-16/h5-14,18H,3-4H2,1-2H3,(H,22,23)(H,24,25). The topological polar surface area (TPSA) is 57.8 Å². The summed E-state index contributed by atoms with van der Waals surface area (Å²) in [5.41, 5.74) is 3.93. The molecule has 0 bridgehead atoms. The van der Waals surface area contributed by atoms with Gasteiger partial charge in [0, 0.05) is 5.56 Å². The molecule has 4 heteroatoms. The van der Waals surface area contributed by atoms with Crippen LogP contribution in [-0.2, 0) is 6.42 Å². The lowest BCUT2D eigenvalue weighted by molar-refractivity contribution is 0.0934. The fourth-order valence-electron chi connectivity index (χ4n) is 2.78. The Hall–Kier alpha value is -2.88. The van der Waals surface area contributed by atoms with Crippen LogP contribution in [0.15, 0.2) is 60.8 Å². The number of hydrogen-bond donors (Lipinski definition) is 2. The Bertz CT molecular complexity index is 822. The van der Waals surface area contributed by atoms with E-state index >= 15 is 0 Å². The van der Waals surface area contributed by atoms with Gasteiger partial charge >= 0.3 is 0 Å². The fourth-order valence-corrected chi connectivity index (χ4v) is 2.78. The Balaban J connectivity index is 1.74. The molecule has 2 N–H and O–H groups in total. The second kappa shape index (κ2) is 7.79. The number of benzene rings is 2. The van der Waals surface area contributed by atoms with E-state index < -0.39 is 0 Å². The number of nitrogens with one attached hydrogen (secondary N) is 2. The van der Waals surface area contributed by atoms with Gasteiger partial charge < -0.3 is 10.3 Å². The maximum Gasteiger partial charge on any atom is 0.251 e. The van der Waals surface area contributed by atoms with Crippen LogP contribution in [0.2, 0.25) is 0 Å². The minimum absolute atomic E-state index is 0.0767. The lowest BCUT2D eigenvalue weighted by Crippen LogP contribution is -2.28. The van der Waals surface area contributed by atoms with Crippen LogP contribution in [0.1, 0.15) is 48.1 Å². The van der Waals surface area contributed by atoms with Crippen molar-refractivity contribution in [2.24, 2.45) is 0 Å². The predicted octanol–water partition coefficient (Wildman–Crippen LogP) is 4.52. The molecule has 128 valence electrons. The summed E-state index contributed by atoms with van der Waals surface area (Å²) in [5, 5.41) is 3.07. The SMILES string of the molecule is CCc1ccc(C(=O)NC(CC)c2ncc(-c3ccccc3)[nH]2)cc1. The summed E-state index contributed by atoms with van der Waals surface area (Å²) >= 11 is 0. The first kappa shape index (κ1) is 17.0. The van der Waals surface area contributed by atoms with Crippen molar-refractivity contribution in [2.75, 3.05) is 0 Å². The molecule has 2 aromatic carbocycles. The number of aromatic nitrogens is 2. The summed E-state index contributed by atoms with van der Waals surface area (Å²) in [4.78, 5) is 20.3. The molecule has 0 aliphatic carbocycles. The van der Waals surface area contributed by atoms with Gasteiger partial charge in [0.1, 0.15) is 5.82 Å². The van der Waals surface area contributed by atoms with Crippen molar-refractivity contribution in [3.8, 4) is 11.3 Å². The molecule has 0 aliphatic rings. The lowest BCUT2D eigenvalue weighted by atomic mass is 10.1. The predicted molar refractivity (Wildman–Crippen MR) is 100 cm³/mol. The molecular formula is C21H23N3O. The summed E-state index contributed by atoms with van der Waals surface area (Å²) in [7, 11) is 0. The van der Waals surface area contributed by atoms with Crippen LogP contribution >= 0.6 is 0 Å². The molecule has 1 atom stereocenters. The number of aromatic amines is 1. The van der Waals surface area contributed by atoms with Crippen LogP contribution in [-0.4, -0.2) is 15.9 Å². The van der Waals surface area contributed by atoms with Gasteiger partial charge in [0.05, 0.1) is 17.9 Å². The largest absolute Gasteiger partial charge is 0.342 e. The highest BCUT2D eigenvalue weighted by Crippen LogP contribution is 2.20. The van der Waals surface area contributed by atoms with E-state index in [1.54, 1.807) is 0 Å². The van der Waals surface area contributed by atoms with E-state index in [9.17, 15) is 4.79 Å². The minimum atomic E-state index is -0.143. The van der Waals surface area contributed by atoms with Crippen LogP contribution in [0.25, 0.3) is 11.3 Å². The molecule has 3 rings (SSSR count). The van der Waals surface area contributed by atoms with Crippen molar-refractivity contribution in [3.63, 3.8) is 0 Å². The van der Waals surface area contributed by atoms with E-state index in [1.807, 2.05) is 67.7 Å². The van der Waals surface area contributed by atoms with E-state index in [1.165, 1.54) is 5.56 Å². The minimum Gasteiger partial charge on any atom is -0.342 e. The molecule has 3 aromatic rings. The van der Waals surface area contributed by atoms with Gasteiger partial charge in [-0.1, -0.05) is 56.3 Å². The zero-order chi connectivity index (χ0) is 17.6. The molecular weight excluding hydrogens is 310 g/mol. The first-order chi connectivity index (χ1) is 12.2. The van der Waals surface area contributed by atoms with Gasteiger partial charge in [-0.25, -0.2) is 4.98 Å². The maximum atomic E-state index is 12.5. The molecule has 1 heterocycles. The highest BCUT2D eigenvalue weighted by Gasteiger charge is 2.17. The van der Waals surface area contributed by atoms with Gasteiger partial charge in [-0.2, -0.15) is 0 Å². The van der Waals surface area contributed by atoms with Crippen LogP contribution in [0.3, 0.4) is 0 Å². The quantitative estimate of drug-likeness (QED) is 0.697. The Morgan fingerprint density at radius 2 is 1.80 bits per heavy atom. The number of carbonyl (C=O) groups excluding carboxylic acids is 1. The molecule has 1 unspecified atom stereocenters. The normalized spacial score (nSPS) is 11.9.